The Balaban J connectivity index is 1.96. The minimum absolute atomic E-state index is 0.401. The van der Waals surface area contributed by atoms with Gasteiger partial charge in [0.05, 0.1) is 13.2 Å². The van der Waals surface area contributed by atoms with E-state index in [1.165, 1.54) is 18.7 Å². The first-order valence-corrected chi connectivity index (χ1v) is 6.17. The number of hydrogen-bond donors (Lipinski definition) is 0. The first-order valence-electron chi connectivity index (χ1n) is 6.17. The Morgan fingerprint density at radius 2 is 2.00 bits per heavy atom. The zero-order chi connectivity index (χ0) is 13.5. The molecule has 1 heterocycles. The standard InChI is InChI=1S/C16H16O3/c1-18-15-11-14(19-16(17)12-15)10-6-5-9-13-7-3-2-4-8-13/h2-4,6-8,10-12H,5,9H2,1H3. The normalized spacial score (nSPS) is 10.8. The number of benzene rings is 1. The first kappa shape index (κ1) is 13.1. The number of rotatable bonds is 5. The van der Waals surface area contributed by atoms with Gasteiger partial charge in [0.25, 0.3) is 0 Å². The molecule has 0 radical (unpaired) electrons. The summed E-state index contributed by atoms with van der Waals surface area (Å²) in [6, 6.07) is 13.3. The van der Waals surface area contributed by atoms with Gasteiger partial charge in [-0.3, -0.25) is 0 Å². The fourth-order valence-electron chi connectivity index (χ4n) is 1.77. The SMILES string of the molecule is COc1cc(C=CCCc2ccccc2)oc(=O)c1. The predicted molar refractivity (Wildman–Crippen MR) is 75.3 cm³/mol. The summed E-state index contributed by atoms with van der Waals surface area (Å²) in [5.41, 5.74) is 0.890. The molecule has 0 aliphatic heterocycles. The summed E-state index contributed by atoms with van der Waals surface area (Å²) in [4.78, 5) is 11.2. The zero-order valence-electron chi connectivity index (χ0n) is 10.8. The third-order valence-corrected chi connectivity index (χ3v) is 2.72. The molecule has 0 fully saturated rings. The van der Waals surface area contributed by atoms with E-state index >= 15 is 0 Å². The quantitative estimate of drug-likeness (QED) is 0.824. The summed E-state index contributed by atoms with van der Waals surface area (Å²) < 4.78 is 10.1. The molecule has 3 heteroatoms. The van der Waals surface area contributed by atoms with Crippen LogP contribution in [0.1, 0.15) is 17.7 Å². The van der Waals surface area contributed by atoms with E-state index in [2.05, 4.69) is 12.1 Å². The van der Waals surface area contributed by atoms with Crippen LogP contribution in [0.5, 0.6) is 5.75 Å². The fraction of sp³-hybridized carbons (Fsp3) is 0.188. The van der Waals surface area contributed by atoms with Gasteiger partial charge in [-0.25, -0.2) is 4.79 Å². The van der Waals surface area contributed by atoms with Crippen molar-refractivity contribution in [2.45, 2.75) is 12.8 Å². The molecular formula is C16H16O3. The lowest BCUT2D eigenvalue weighted by Crippen LogP contribution is -1.98. The molecule has 0 saturated heterocycles. The molecule has 0 unspecified atom stereocenters. The summed E-state index contributed by atoms with van der Waals surface area (Å²) in [6.45, 7) is 0. The number of methoxy groups -OCH3 is 1. The van der Waals surface area contributed by atoms with E-state index in [-0.39, 0.29) is 0 Å². The molecule has 2 rings (SSSR count). The van der Waals surface area contributed by atoms with Crippen molar-refractivity contribution >= 4 is 6.08 Å². The molecule has 2 aromatic rings. The second kappa shape index (κ2) is 6.59. The lowest BCUT2D eigenvalue weighted by Gasteiger charge is -1.99. The van der Waals surface area contributed by atoms with Gasteiger partial charge in [-0.05, 0) is 24.5 Å². The maximum Gasteiger partial charge on any atom is 0.339 e. The van der Waals surface area contributed by atoms with E-state index in [1.807, 2.05) is 24.3 Å². The monoisotopic (exact) mass is 256 g/mol. The van der Waals surface area contributed by atoms with Crippen LogP contribution in [0.3, 0.4) is 0 Å². The highest BCUT2D eigenvalue weighted by atomic mass is 16.5. The third kappa shape index (κ3) is 4.14. The van der Waals surface area contributed by atoms with Crippen LogP contribution in [0, 0.1) is 0 Å². The summed E-state index contributed by atoms with van der Waals surface area (Å²) in [5.74, 6) is 1.02. The Hall–Kier alpha value is -2.29. The summed E-state index contributed by atoms with van der Waals surface area (Å²) in [5, 5.41) is 0. The van der Waals surface area contributed by atoms with Gasteiger partial charge in [0.15, 0.2) is 0 Å². The van der Waals surface area contributed by atoms with Crippen LogP contribution >= 0.6 is 0 Å². The van der Waals surface area contributed by atoms with Crippen LogP contribution < -0.4 is 10.4 Å². The molecule has 0 spiro atoms. The Bertz CT molecular complexity index is 597. The Morgan fingerprint density at radius 1 is 1.21 bits per heavy atom. The molecule has 0 amide bonds. The average Bonchev–Trinajstić information content (AvgIpc) is 2.44. The topological polar surface area (TPSA) is 39.4 Å². The molecule has 0 bridgehead atoms. The molecule has 0 aliphatic rings. The molecule has 0 saturated carbocycles. The van der Waals surface area contributed by atoms with Gasteiger partial charge in [0, 0.05) is 6.07 Å². The molecule has 19 heavy (non-hydrogen) atoms. The van der Waals surface area contributed by atoms with Crippen molar-refractivity contribution in [3.8, 4) is 5.75 Å². The summed E-state index contributed by atoms with van der Waals surface area (Å²) in [6.07, 6.45) is 5.65. The minimum atomic E-state index is -0.401. The zero-order valence-corrected chi connectivity index (χ0v) is 10.8. The van der Waals surface area contributed by atoms with E-state index in [1.54, 1.807) is 12.1 Å². The van der Waals surface area contributed by atoms with E-state index in [0.717, 1.165) is 12.8 Å². The predicted octanol–water partition coefficient (Wildman–Crippen LogP) is 3.29. The van der Waals surface area contributed by atoms with Gasteiger partial charge in [0.2, 0.25) is 0 Å². The van der Waals surface area contributed by atoms with Crippen LogP contribution in [-0.2, 0) is 6.42 Å². The Kier molecular flexibility index (Phi) is 4.56. The maximum absolute atomic E-state index is 11.2. The van der Waals surface area contributed by atoms with Crippen LogP contribution in [0.25, 0.3) is 6.08 Å². The first-order chi connectivity index (χ1) is 9.28. The molecule has 0 atom stereocenters. The van der Waals surface area contributed by atoms with Gasteiger partial charge < -0.3 is 9.15 Å². The van der Waals surface area contributed by atoms with Crippen molar-refractivity contribution in [1.29, 1.82) is 0 Å². The van der Waals surface area contributed by atoms with Crippen molar-refractivity contribution in [2.24, 2.45) is 0 Å². The lowest BCUT2D eigenvalue weighted by molar-refractivity contribution is 0.400. The van der Waals surface area contributed by atoms with Crippen molar-refractivity contribution in [1.82, 2.24) is 0 Å². The van der Waals surface area contributed by atoms with Gasteiger partial charge >= 0.3 is 5.63 Å². The van der Waals surface area contributed by atoms with Gasteiger partial charge in [-0.15, -0.1) is 0 Å². The molecular weight excluding hydrogens is 240 g/mol. The second-order valence-electron chi connectivity index (χ2n) is 4.15. The van der Waals surface area contributed by atoms with Crippen molar-refractivity contribution in [3.05, 3.63) is 70.3 Å². The lowest BCUT2D eigenvalue weighted by atomic mass is 10.1. The molecule has 0 N–H and O–H groups in total. The number of hydrogen-bond acceptors (Lipinski definition) is 3. The summed E-state index contributed by atoms with van der Waals surface area (Å²) >= 11 is 0. The van der Waals surface area contributed by atoms with Gasteiger partial charge in [0.1, 0.15) is 11.5 Å². The van der Waals surface area contributed by atoms with E-state index in [4.69, 9.17) is 9.15 Å². The van der Waals surface area contributed by atoms with E-state index in [9.17, 15) is 4.79 Å². The highest BCUT2D eigenvalue weighted by molar-refractivity contribution is 5.44. The summed E-state index contributed by atoms with van der Waals surface area (Å²) in [7, 11) is 1.53. The highest BCUT2D eigenvalue weighted by Gasteiger charge is 1.98. The number of ether oxygens (including phenoxy) is 1. The largest absolute Gasteiger partial charge is 0.496 e. The molecule has 98 valence electrons. The van der Waals surface area contributed by atoms with Crippen LogP contribution in [0.2, 0.25) is 0 Å². The van der Waals surface area contributed by atoms with E-state index < -0.39 is 5.63 Å². The molecule has 1 aromatic carbocycles. The maximum atomic E-state index is 11.2. The average molecular weight is 256 g/mol. The minimum Gasteiger partial charge on any atom is -0.496 e. The highest BCUT2D eigenvalue weighted by Crippen LogP contribution is 2.11. The number of aryl methyl sites for hydroxylation is 1. The molecule has 0 aliphatic carbocycles. The van der Waals surface area contributed by atoms with Gasteiger partial charge in [-0.2, -0.15) is 0 Å². The Morgan fingerprint density at radius 3 is 2.74 bits per heavy atom. The molecule has 1 aromatic heterocycles. The van der Waals surface area contributed by atoms with E-state index in [0.29, 0.717) is 11.5 Å². The number of allylic oxidation sites excluding steroid dienone is 1. The van der Waals surface area contributed by atoms with Crippen LogP contribution in [-0.4, -0.2) is 7.11 Å². The van der Waals surface area contributed by atoms with Crippen LogP contribution in [0.4, 0.5) is 0 Å². The molecule has 3 nitrogen and oxygen atoms in total. The second-order valence-corrected chi connectivity index (χ2v) is 4.15. The Labute approximate surface area is 112 Å². The van der Waals surface area contributed by atoms with Crippen molar-refractivity contribution in [3.63, 3.8) is 0 Å². The van der Waals surface area contributed by atoms with Crippen LogP contribution in [0.15, 0.2) is 57.8 Å². The van der Waals surface area contributed by atoms with Crippen molar-refractivity contribution in [2.75, 3.05) is 7.11 Å². The van der Waals surface area contributed by atoms with Gasteiger partial charge in [-0.1, -0.05) is 36.4 Å². The third-order valence-electron chi connectivity index (χ3n) is 2.72. The van der Waals surface area contributed by atoms with Crippen molar-refractivity contribution < 1.29 is 9.15 Å². The smallest absolute Gasteiger partial charge is 0.339 e. The fourth-order valence-corrected chi connectivity index (χ4v) is 1.77.